The highest BCUT2D eigenvalue weighted by Gasteiger charge is 2.27. The molecule has 0 aliphatic carbocycles. The summed E-state index contributed by atoms with van der Waals surface area (Å²) in [7, 11) is 0. The number of hydrogen-bond donors (Lipinski definition) is 3. The highest BCUT2D eigenvalue weighted by Crippen LogP contribution is 2.19. The van der Waals surface area contributed by atoms with Gasteiger partial charge in [0.15, 0.2) is 0 Å². The molecule has 8 heteroatoms. The standard InChI is InChI=1S/C16H15N3O5/c1-2-24-16(22)13-15(21)19(23)12(14(20)18-13)7-9-8-17-11-6-4-3-5-10(9)11/h3-6,8,17,21H,2,7H2,1H3,(H,18,20). The molecule has 3 rings (SSSR count). The lowest BCUT2D eigenvalue weighted by atomic mass is 10.1. The smallest absolute Gasteiger partial charge is 0.409 e. The Hall–Kier alpha value is -3.29. The Morgan fingerprint density at radius 1 is 1.38 bits per heavy atom. The van der Waals surface area contributed by atoms with Gasteiger partial charge in [-0.1, -0.05) is 18.2 Å². The van der Waals surface area contributed by atoms with Crippen LogP contribution in [0.2, 0.25) is 0 Å². The van der Waals surface area contributed by atoms with E-state index in [0.29, 0.717) is 0 Å². The normalized spacial score (nSPS) is 10.9. The number of aromatic amines is 2. The van der Waals surface area contributed by atoms with E-state index in [-0.39, 0.29) is 23.5 Å². The fraction of sp³-hybridized carbons (Fsp3) is 0.188. The fourth-order valence-electron chi connectivity index (χ4n) is 2.52. The second-order valence-electron chi connectivity index (χ2n) is 5.15. The van der Waals surface area contributed by atoms with Gasteiger partial charge in [-0.2, -0.15) is 0 Å². The molecule has 2 aromatic heterocycles. The van der Waals surface area contributed by atoms with E-state index < -0.39 is 23.1 Å². The summed E-state index contributed by atoms with van der Waals surface area (Å²) in [5.41, 5.74) is 0.0682. The largest absolute Gasteiger partial charge is 0.616 e. The van der Waals surface area contributed by atoms with Crippen molar-refractivity contribution < 1.29 is 19.4 Å². The summed E-state index contributed by atoms with van der Waals surface area (Å²) in [5.74, 6) is -1.85. The fourth-order valence-corrected chi connectivity index (χ4v) is 2.52. The Kier molecular flexibility index (Phi) is 3.95. The van der Waals surface area contributed by atoms with E-state index in [0.717, 1.165) is 16.5 Å². The van der Waals surface area contributed by atoms with Gasteiger partial charge in [-0.05, 0) is 18.6 Å². The van der Waals surface area contributed by atoms with Crippen LogP contribution >= 0.6 is 0 Å². The Morgan fingerprint density at radius 2 is 2.12 bits per heavy atom. The number of hydrogen-bond acceptors (Lipinski definition) is 5. The number of benzene rings is 1. The molecule has 0 fully saturated rings. The van der Waals surface area contributed by atoms with Gasteiger partial charge in [0.1, 0.15) is 0 Å². The highest BCUT2D eigenvalue weighted by atomic mass is 16.5. The van der Waals surface area contributed by atoms with E-state index in [4.69, 9.17) is 4.74 Å². The van der Waals surface area contributed by atoms with Crippen molar-refractivity contribution in [3.05, 3.63) is 63.0 Å². The van der Waals surface area contributed by atoms with Crippen molar-refractivity contribution in [1.82, 2.24) is 9.97 Å². The summed E-state index contributed by atoms with van der Waals surface area (Å²) in [5, 5.41) is 23.0. The number of aromatic hydroxyl groups is 1. The lowest BCUT2D eigenvalue weighted by Gasteiger charge is -2.08. The van der Waals surface area contributed by atoms with Gasteiger partial charge >= 0.3 is 17.4 Å². The van der Waals surface area contributed by atoms with Crippen LogP contribution in [0.1, 0.15) is 28.7 Å². The Labute approximate surface area is 135 Å². The van der Waals surface area contributed by atoms with Crippen molar-refractivity contribution in [1.29, 1.82) is 0 Å². The summed E-state index contributed by atoms with van der Waals surface area (Å²) in [6.45, 7) is 1.62. The highest BCUT2D eigenvalue weighted by molar-refractivity contribution is 5.89. The van der Waals surface area contributed by atoms with Crippen molar-refractivity contribution in [2.24, 2.45) is 0 Å². The third-order valence-electron chi connectivity index (χ3n) is 3.67. The topological polar surface area (TPSA) is 122 Å². The predicted molar refractivity (Wildman–Crippen MR) is 84.7 cm³/mol. The van der Waals surface area contributed by atoms with E-state index in [2.05, 4.69) is 9.97 Å². The molecule has 0 amide bonds. The lowest BCUT2D eigenvalue weighted by Crippen LogP contribution is -2.42. The first kappa shape index (κ1) is 15.6. The van der Waals surface area contributed by atoms with Crippen LogP contribution < -0.4 is 10.3 Å². The van der Waals surface area contributed by atoms with Crippen molar-refractivity contribution in [3.8, 4) is 5.88 Å². The zero-order valence-electron chi connectivity index (χ0n) is 12.8. The number of nitrogens with zero attached hydrogens (tertiary/aromatic N) is 1. The van der Waals surface area contributed by atoms with E-state index in [9.17, 15) is 19.9 Å². The first-order chi connectivity index (χ1) is 11.5. The van der Waals surface area contributed by atoms with Gasteiger partial charge in [0.25, 0.3) is 5.69 Å². The number of ether oxygens (including phenoxy) is 1. The molecule has 24 heavy (non-hydrogen) atoms. The van der Waals surface area contributed by atoms with Crippen LogP contribution in [-0.4, -0.2) is 27.7 Å². The zero-order valence-corrected chi connectivity index (χ0v) is 12.8. The number of carbonyl (C=O) groups is 1. The number of aromatic nitrogens is 3. The minimum absolute atomic E-state index is 0.000484. The van der Waals surface area contributed by atoms with Crippen LogP contribution in [0, 0.1) is 5.21 Å². The first-order valence-electron chi connectivity index (χ1n) is 7.32. The number of para-hydroxylation sites is 1. The van der Waals surface area contributed by atoms with Crippen molar-refractivity contribution in [3.63, 3.8) is 0 Å². The van der Waals surface area contributed by atoms with Gasteiger partial charge in [0, 0.05) is 17.1 Å². The number of nitrogens with one attached hydrogen (secondary N) is 2. The molecule has 0 aliphatic heterocycles. The summed E-state index contributed by atoms with van der Waals surface area (Å²) in [6, 6.07) is 7.44. The molecule has 0 unspecified atom stereocenters. The third-order valence-corrected chi connectivity index (χ3v) is 3.67. The monoisotopic (exact) mass is 329 g/mol. The zero-order chi connectivity index (χ0) is 17.3. The van der Waals surface area contributed by atoms with Crippen molar-refractivity contribution >= 4 is 16.9 Å². The predicted octanol–water partition coefficient (Wildman–Crippen LogP) is 0.963. The molecule has 0 radical (unpaired) electrons. The van der Waals surface area contributed by atoms with Gasteiger partial charge in [-0.3, -0.25) is 4.79 Å². The van der Waals surface area contributed by atoms with Crippen LogP contribution in [-0.2, 0) is 11.2 Å². The second kappa shape index (κ2) is 6.07. The van der Waals surface area contributed by atoms with Crippen molar-refractivity contribution in [2.75, 3.05) is 6.61 Å². The number of esters is 1. The number of H-pyrrole nitrogens is 2. The third kappa shape index (κ3) is 2.58. The molecule has 0 aliphatic rings. The second-order valence-corrected chi connectivity index (χ2v) is 5.15. The van der Waals surface area contributed by atoms with E-state index >= 15 is 0 Å². The Bertz CT molecular complexity index is 973. The summed E-state index contributed by atoms with van der Waals surface area (Å²) < 4.78 is 4.76. The maximum Gasteiger partial charge on any atom is 0.409 e. The molecule has 0 spiro atoms. The molecule has 1 aromatic carbocycles. The molecular weight excluding hydrogens is 314 g/mol. The van der Waals surface area contributed by atoms with Gasteiger partial charge in [-0.25, -0.2) is 4.79 Å². The molecule has 0 bridgehead atoms. The minimum atomic E-state index is -0.963. The molecule has 0 saturated heterocycles. The minimum Gasteiger partial charge on any atom is -0.616 e. The number of carbonyl (C=O) groups excluding carboxylic acids is 1. The average molecular weight is 329 g/mol. The van der Waals surface area contributed by atoms with Gasteiger partial charge in [0.05, 0.1) is 13.0 Å². The maximum absolute atomic E-state index is 12.2. The molecule has 8 nitrogen and oxygen atoms in total. The van der Waals surface area contributed by atoms with Crippen LogP contribution in [0.5, 0.6) is 5.88 Å². The quantitative estimate of drug-likeness (QED) is 0.374. The van der Waals surface area contributed by atoms with Crippen LogP contribution in [0.15, 0.2) is 35.3 Å². The average Bonchev–Trinajstić information content (AvgIpc) is 2.98. The lowest BCUT2D eigenvalue weighted by molar-refractivity contribution is -0.622. The molecule has 0 atom stereocenters. The molecule has 0 saturated carbocycles. The van der Waals surface area contributed by atoms with E-state index in [1.54, 1.807) is 13.1 Å². The molecular formula is C16H15N3O5. The summed E-state index contributed by atoms with van der Waals surface area (Å²) in [6.07, 6.45) is 1.69. The number of rotatable bonds is 4. The SMILES string of the molecule is CCOC(=O)c1[nH]c(=O)c(Cc2c[nH]c3ccccc23)[n+]([O-])c1O. The first-order valence-corrected chi connectivity index (χ1v) is 7.32. The summed E-state index contributed by atoms with van der Waals surface area (Å²) in [4.78, 5) is 29.1. The van der Waals surface area contributed by atoms with Gasteiger partial charge in [0.2, 0.25) is 5.69 Å². The number of fused-ring (bicyclic) bond motifs is 1. The van der Waals surface area contributed by atoms with Gasteiger partial charge in [-0.15, -0.1) is 4.73 Å². The van der Waals surface area contributed by atoms with Gasteiger partial charge < -0.3 is 25.0 Å². The Morgan fingerprint density at radius 3 is 2.88 bits per heavy atom. The molecule has 3 N–H and O–H groups in total. The van der Waals surface area contributed by atoms with Crippen molar-refractivity contribution in [2.45, 2.75) is 13.3 Å². The van der Waals surface area contributed by atoms with Crippen LogP contribution in [0.4, 0.5) is 0 Å². The van der Waals surface area contributed by atoms with Crippen LogP contribution in [0.25, 0.3) is 10.9 Å². The van der Waals surface area contributed by atoms with Crippen LogP contribution in [0.3, 0.4) is 0 Å². The maximum atomic E-state index is 12.2. The van der Waals surface area contributed by atoms with E-state index in [1.165, 1.54) is 0 Å². The van der Waals surface area contributed by atoms with E-state index in [1.807, 2.05) is 24.3 Å². The molecule has 3 aromatic rings. The summed E-state index contributed by atoms with van der Waals surface area (Å²) >= 11 is 0. The molecule has 124 valence electrons. The Balaban J connectivity index is 2.04. The molecule has 2 heterocycles.